The summed E-state index contributed by atoms with van der Waals surface area (Å²) in [6, 6.07) is 8.41. The monoisotopic (exact) mass is 236 g/mol. The Morgan fingerprint density at radius 1 is 1.44 bits per heavy atom. The van der Waals surface area contributed by atoms with Crippen molar-refractivity contribution in [1.29, 1.82) is 0 Å². The molecule has 2 rings (SSSR count). The third-order valence-corrected chi connectivity index (χ3v) is 2.57. The first-order valence-corrected chi connectivity index (χ1v) is 5.14. The summed E-state index contributed by atoms with van der Waals surface area (Å²) in [5.74, 6) is 0. The molecule has 1 aromatic carbocycles. The van der Waals surface area contributed by atoms with E-state index in [4.69, 9.17) is 5.73 Å². The smallest absolute Gasteiger partial charge is 0.0454 e. The molecular weight excluding hydrogens is 220 g/mol. The van der Waals surface area contributed by atoms with Crippen LogP contribution in [0, 0.1) is 0 Å². The lowest BCUT2D eigenvalue weighted by molar-refractivity contribution is 0.718. The Morgan fingerprint density at radius 3 is 2.88 bits per heavy atom. The van der Waals surface area contributed by atoms with E-state index in [-0.39, 0.29) is 18.4 Å². The number of nitrogens with one attached hydrogen (secondary N) is 1. The van der Waals surface area contributed by atoms with Crippen molar-refractivity contribution in [2.24, 2.45) is 5.73 Å². The molecule has 0 aliphatic carbocycles. The number of fused-ring (bicyclic) bond motifs is 1. The minimum Gasteiger partial charge on any atom is -0.361 e. The van der Waals surface area contributed by atoms with Gasteiger partial charge in [-0.25, -0.2) is 0 Å². The Bertz CT molecular complexity index is 487. The van der Waals surface area contributed by atoms with Crippen molar-refractivity contribution < 1.29 is 0 Å². The molecule has 1 atom stereocenters. The van der Waals surface area contributed by atoms with Crippen LogP contribution in [0.15, 0.2) is 42.6 Å². The third kappa shape index (κ3) is 2.65. The molecule has 3 heteroatoms. The standard InChI is InChI=1S/C13H16N2.ClH/c1-9(2)7-12(14)10-3-4-13-11(8-10)5-6-15-13;/h3-6,8,12,15H,1,7,14H2,2H3;1H/t12-;/m1./s1. The predicted octanol–water partition coefficient (Wildman–Crippen LogP) is 3.56. The van der Waals surface area contributed by atoms with Gasteiger partial charge in [0.15, 0.2) is 0 Å². The van der Waals surface area contributed by atoms with Gasteiger partial charge in [0.2, 0.25) is 0 Å². The van der Waals surface area contributed by atoms with E-state index in [2.05, 4.69) is 35.8 Å². The Morgan fingerprint density at radius 2 is 2.19 bits per heavy atom. The van der Waals surface area contributed by atoms with Crippen molar-refractivity contribution in [3.05, 3.63) is 48.2 Å². The van der Waals surface area contributed by atoms with E-state index in [9.17, 15) is 0 Å². The van der Waals surface area contributed by atoms with Crippen LogP contribution < -0.4 is 5.73 Å². The molecule has 0 fully saturated rings. The lowest BCUT2D eigenvalue weighted by atomic mass is 10.0. The lowest BCUT2D eigenvalue weighted by Gasteiger charge is -2.11. The minimum atomic E-state index is 0. The quantitative estimate of drug-likeness (QED) is 0.787. The summed E-state index contributed by atoms with van der Waals surface area (Å²) in [5.41, 5.74) is 9.53. The van der Waals surface area contributed by atoms with E-state index in [1.165, 1.54) is 10.9 Å². The molecule has 3 N–H and O–H groups in total. The fourth-order valence-corrected chi connectivity index (χ4v) is 1.80. The summed E-state index contributed by atoms with van der Waals surface area (Å²) < 4.78 is 0. The maximum Gasteiger partial charge on any atom is 0.0454 e. The molecule has 0 spiro atoms. The first kappa shape index (κ1) is 12.8. The highest BCUT2D eigenvalue weighted by Crippen LogP contribution is 2.21. The molecule has 0 saturated carbocycles. The Kier molecular flexibility index (Phi) is 4.16. The van der Waals surface area contributed by atoms with Gasteiger partial charge in [-0.1, -0.05) is 11.6 Å². The zero-order valence-electron chi connectivity index (χ0n) is 9.36. The van der Waals surface area contributed by atoms with Crippen LogP contribution in [-0.2, 0) is 0 Å². The van der Waals surface area contributed by atoms with Gasteiger partial charge in [0.05, 0.1) is 0 Å². The summed E-state index contributed by atoms with van der Waals surface area (Å²) >= 11 is 0. The summed E-state index contributed by atoms with van der Waals surface area (Å²) in [7, 11) is 0. The topological polar surface area (TPSA) is 41.8 Å². The van der Waals surface area contributed by atoms with E-state index in [1.54, 1.807) is 0 Å². The summed E-state index contributed by atoms with van der Waals surface area (Å²) in [4.78, 5) is 3.17. The van der Waals surface area contributed by atoms with Gasteiger partial charge < -0.3 is 10.7 Å². The lowest BCUT2D eigenvalue weighted by Crippen LogP contribution is -2.10. The van der Waals surface area contributed by atoms with E-state index < -0.39 is 0 Å². The molecule has 1 aromatic heterocycles. The average molecular weight is 237 g/mol. The van der Waals surface area contributed by atoms with Crippen LogP contribution in [0.5, 0.6) is 0 Å². The highest BCUT2D eigenvalue weighted by atomic mass is 35.5. The van der Waals surface area contributed by atoms with Crippen LogP contribution >= 0.6 is 12.4 Å². The highest BCUT2D eigenvalue weighted by Gasteiger charge is 2.06. The highest BCUT2D eigenvalue weighted by molar-refractivity contribution is 5.85. The molecule has 0 amide bonds. The average Bonchev–Trinajstić information content (AvgIpc) is 2.62. The molecule has 0 radical (unpaired) electrons. The SMILES string of the molecule is C=C(C)C[C@@H](N)c1ccc2[nH]ccc2c1.Cl. The van der Waals surface area contributed by atoms with Crippen LogP contribution in [-0.4, -0.2) is 4.98 Å². The Balaban J connectivity index is 0.00000128. The molecule has 0 bridgehead atoms. The number of aromatic amines is 1. The molecular formula is C13H17ClN2. The molecule has 2 nitrogen and oxygen atoms in total. The van der Waals surface area contributed by atoms with Gasteiger partial charge in [-0.3, -0.25) is 0 Å². The first-order valence-electron chi connectivity index (χ1n) is 5.14. The largest absolute Gasteiger partial charge is 0.361 e. The van der Waals surface area contributed by atoms with Crippen LogP contribution in [0.2, 0.25) is 0 Å². The predicted molar refractivity (Wildman–Crippen MR) is 71.9 cm³/mol. The second-order valence-electron chi connectivity index (χ2n) is 4.09. The molecule has 1 heterocycles. The molecule has 0 aliphatic heterocycles. The van der Waals surface area contributed by atoms with E-state index in [0.717, 1.165) is 17.5 Å². The molecule has 0 aliphatic rings. The Hall–Kier alpha value is -1.25. The van der Waals surface area contributed by atoms with Crippen molar-refractivity contribution in [3.8, 4) is 0 Å². The fraction of sp³-hybridized carbons (Fsp3) is 0.231. The van der Waals surface area contributed by atoms with Gasteiger partial charge in [-0.2, -0.15) is 0 Å². The number of benzene rings is 1. The number of nitrogens with two attached hydrogens (primary N) is 1. The molecule has 0 saturated heterocycles. The fourth-order valence-electron chi connectivity index (χ4n) is 1.80. The van der Waals surface area contributed by atoms with Crippen molar-refractivity contribution in [2.75, 3.05) is 0 Å². The molecule has 16 heavy (non-hydrogen) atoms. The van der Waals surface area contributed by atoms with Crippen LogP contribution in [0.4, 0.5) is 0 Å². The van der Waals surface area contributed by atoms with Crippen molar-refractivity contribution in [1.82, 2.24) is 4.98 Å². The zero-order chi connectivity index (χ0) is 10.8. The summed E-state index contributed by atoms with van der Waals surface area (Å²) in [6.07, 6.45) is 2.79. The number of H-pyrrole nitrogens is 1. The molecule has 2 aromatic rings. The van der Waals surface area contributed by atoms with Gasteiger partial charge in [-0.05, 0) is 42.5 Å². The van der Waals surface area contributed by atoms with Gasteiger partial charge in [0.25, 0.3) is 0 Å². The van der Waals surface area contributed by atoms with Gasteiger partial charge >= 0.3 is 0 Å². The van der Waals surface area contributed by atoms with Crippen LogP contribution in [0.1, 0.15) is 24.9 Å². The zero-order valence-corrected chi connectivity index (χ0v) is 10.2. The number of hydrogen-bond donors (Lipinski definition) is 2. The van der Waals surface area contributed by atoms with Crippen molar-refractivity contribution in [3.63, 3.8) is 0 Å². The number of aromatic nitrogens is 1. The number of halogens is 1. The number of hydrogen-bond acceptors (Lipinski definition) is 1. The van der Waals surface area contributed by atoms with Crippen LogP contribution in [0.3, 0.4) is 0 Å². The van der Waals surface area contributed by atoms with Gasteiger partial charge in [-0.15, -0.1) is 19.0 Å². The number of rotatable bonds is 3. The maximum atomic E-state index is 6.08. The van der Waals surface area contributed by atoms with Crippen LogP contribution in [0.25, 0.3) is 10.9 Å². The summed E-state index contributed by atoms with van der Waals surface area (Å²) in [5, 5.41) is 1.21. The van der Waals surface area contributed by atoms with E-state index >= 15 is 0 Å². The van der Waals surface area contributed by atoms with Gasteiger partial charge in [0, 0.05) is 17.8 Å². The normalized spacial score (nSPS) is 12.1. The second kappa shape index (κ2) is 5.19. The molecule has 0 unspecified atom stereocenters. The third-order valence-electron chi connectivity index (χ3n) is 2.57. The Labute approximate surface area is 102 Å². The second-order valence-corrected chi connectivity index (χ2v) is 4.09. The maximum absolute atomic E-state index is 6.08. The van der Waals surface area contributed by atoms with E-state index in [0.29, 0.717) is 0 Å². The minimum absolute atomic E-state index is 0. The van der Waals surface area contributed by atoms with E-state index in [1.807, 2.05) is 13.1 Å². The van der Waals surface area contributed by atoms with Crippen molar-refractivity contribution >= 4 is 23.3 Å². The van der Waals surface area contributed by atoms with Gasteiger partial charge in [0.1, 0.15) is 0 Å². The molecule has 86 valence electrons. The summed E-state index contributed by atoms with van der Waals surface area (Å²) in [6.45, 7) is 5.90. The first-order chi connectivity index (χ1) is 7.16. The van der Waals surface area contributed by atoms with Crippen molar-refractivity contribution in [2.45, 2.75) is 19.4 Å².